The maximum atomic E-state index is 8.53. The summed E-state index contributed by atoms with van der Waals surface area (Å²) < 4.78 is 0. The zero-order valence-corrected chi connectivity index (χ0v) is 6.22. The topological polar surface area (TPSA) is 35.8 Å². The van der Waals surface area contributed by atoms with Gasteiger partial charge in [-0.05, 0) is 19.8 Å². The van der Waals surface area contributed by atoms with Gasteiger partial charge in [0, 0.05) is 23.9 Å². The van der Waals surface area contributed by atoms with Gasteiger partial charge in [0.15, 0.2) is 0 Å². The molecular weight excluding hydrogens is 124 g/mol. The Balaban J connectivity index is 2.03. The Morgan fingerprint density at radius 1 is 1.70 bits per heavy atom. The molecule has 0 bridgehead atoms. The smallest absolute Gasteiger partial charge is 0.0628 e. The van der Waals surface area contributed by atoms with E-state index in [0.717, 1.165) is 6.42 Å². The van der Waals surface area contributed by atoms with Gasteiger partial charge in [-0.25, -0.2) is 0 Å². The molecule has 0 aromatic carbocycles. The van der Waals surface area contributed by atoms with E-state index < -0.39 is 0 Å². The van der Waals surface area contributed by atoms with Crippen molar-refractivity contribution in [2.75, 3.05) is 0 Å². The molecule has 0 radical (unpaired) electrons. The quantitative estimate of drug-likeness (QED) is 0.584. The standard InChI is InChI=1S/C8H12N2/c1-6-4-8(2-3-9)5-7(8)10-6/h6-7,10H,2,4-5H2,1H3/t6-,7-,8+/m1/s1. The number of piperidine rings is 1. The minimum absolute atomic E-state index is 0.411. The van der Waals surface area contributed by atoms with Gasteiger partial charge in [-0.3, -0.25) is 0 Å². The molecule has 2 fully saturated rings. The number of nitriles is 1. The molecule has 0 unspecified atom stereocenters. The van der Waals surface area contributed by atoms with E-state index in [0.29, 0.717) is 17.5 Å². The van der Waals surface area contributed by atoms with Crippen molar-refractivity contribution in [3.8, 4) is 6.07 Å². The molecule has 1 aliphatic carbocycles. The van der Waals surface area contributed by atoms with Crippen molar-refractivity contribution in [1.29, 1.82) is 5.26 Å². The van der Waals surface area contributed by atoms with Crippen LogP contribution in [-0.2, 0) is 0 Å². The van der Waals surface area contributed by atoms with E-state index >= 15 is 0 Å². The van der Waals surface area contributed by atoms with E-state index in [9.17, 15) is 0 Å². The van der Waals surface area contributed by atoms with Crippen LogP contribution in [0.5, 0.6) is 0 Å². The fourth-order valence-corrected chi connectivity index (χ4v) is 2.25. The Kier molecular flexibility index (Phi) is 1.07. The highest BCUT2D eigenvalue weighted by Crippen LogP contribution is 2.56. The number of hydrogen-bond acceptors (Lipinski definition) is 2. The molecule has 1 heterocycles. The number of nitrogens with one attached hydrogen (secondary N) is 1. The minimum Gasteiger partial charge on any atom is -0.311 e. The van der Waals surface area contributed by atoms with Gasteiger partial charge in [0.05, 0.1) is 6.07 Å². The third-order valence-electron chi connectivity index (χ3n) is 2.82. The Bertz CT molecular complexity index is 194. The highest BCUT2D eigenvalue weighted by Gasteiger charge is 2.58. The molecule has 0 amide bonds. The summed E-state index contributed by atoms with van der Waals surface area (Å²) in [5.41, 5.74) is 0.411. The molecule has 2 aliphatic rings. The molecule has 2 nitrogen and oxygen atoms in total. The third-order valence-corrected chi connectivity index (χ3v) is 2.82. The van der Waals surface area contributed by atoms with Crippen molar-refractivity contribution in [3.05, 3.63) is 0 Å². The number of hydrogen-bond donors (Lipinski definition) is 1. The lowest BCUT2D eigenvalue weighted by molar-refractivity contribution is 0.483. The van der Waals surface area contributed by atoms with Crippen molar-refractivity contribution in [2.45, 2.75) is 38.3 Å². The molecule has 1 saturated carbocycles. The van der Waals surface area contributed by atoms with Crippen molar-refractivity contribution in [2.24, 2.45) is 5.41 Å². The minimum atomic E-state index is 0.411. The zero-order valence-electron chi connectivity index (χ0n) is 6.22. The predicted molar refractivity (Wildman–Crippen MR) is 38.3 cm³/mol. The molecule has 0 aromatic heterocycles. The Morgan fingerprint density at radius 3 is 3.00 bits per heavy atom. The fourth-order valence-electron chi connectivity index (χ4n) is 2.25. The summed E-state index contributed by atoms with van der Waals surface area (Å²) in [7, 11) is 0. The van der Waals surface area contributed by atoms with Crippen LogP contribution in [0.2, 0.25) is 0 Å². The van der Waals surface area contributed by atoms with E-state index in [-0.39, 0.29) is 0 Å². The van der Waals surface area contributed by atoms with Crippen molar-refractivity contribution in [3.63, 3.8) is 0 Å². The SMILES string of the molecule is C[C@@H]1C[C@@]2(CC#N)C[C@H]2N1. The summed E-state index contributed by atoms with van der Waals surface area (Å²) in [6.45, 7) is 2.20. The highest BCUT2D eigenvalue weighted by atomic mass is 15.1. The van der Waals surface area contributed by atoms with Gasteiger partial charge in [0.1, 0.15) is 0 Å². The molecule has 54 valence electrons. The van der Waals surface area contributed by atoms with Gasteiger partial charge in [-0.1, -0.05) is 0 Å². The molecule has 2 heteroatoms. The summed E-state index contributed by atoms with van der Waals surface area (Å²) in [4.78, 5) is 0. The molecular formula is C8H12N2. The number of fused-ring (bicyclic) bond motifs is 1. The largest absolute Gasteiger partial charge is 0.311 e. The monoisotopic (exact) mass is 136 g/mol. The molecule has 0 aromatic rings. The Morgan fingerprint density at radius 2 is 2.50 bits per heavy atom. The number of rotatable bonds is 1. The van der Waals surface area contributed by atoms with Gasteiger partial charge in [-0.2, -0.15) is 5.26 Å². The van der Waals surface area contributed by atoms with E-state index in [2.05, 4.69) is 18.3 Å². The van der Waals surface area contributed by atoms with Gasteiger partial charge in [0.25, 0.3) is 0 Å². The summed E-state index contributed by atoms with van der Waals surface area (Å²) in [6, 6.07) is 3.60. The summed E-state index contributed by atoms with van der Waals surface area (Å²) in [5.74, 6) is 0. The van der Waals surface area contributed by atoms with Crippen molar-refractivity contribution < 1.29 is 0 Å². The Labute approximate surface area is 61.2 Å². The predicted octanol–water partition coefficient (Wildman–Crippen LogP) is 1.04. The summed E-state index contributed by atoms with van der Waals surface area (Å²) >= 11 is 0. The lowest BCUT2D eigenvalue weighted by atomic mass is 9.97. The zero-order chi connectivity index (χ0) is 7.19. The van der Waals surface area contributed by atoms with Crippen LogP contribution in [0.4, 0.5) is 0 Å². The van der Waals surface area contributed by atoms with Crippen LogP contribution in [0, 0.1) is 16.7 Å². The molecule has 1 saturated heterocycles. The fraction of sp³-hybridized carbons (Fsp3) is 0.875. The van der Waals surface area contributed by atoms with Crippen molar-refractivity contribution in [1.82, 2.24) is 5.32 Å². The maximum Gasteiger partial charge on any atom is 0.0628 e. The van der Waals surface area contributed by atoms with E-state index in [1.807, 2.05) is 0 Å². The van der Waals surface area contributed by atoms with Crippen LogP contribution in [0.3, 0.4) is 0 Å². The second-order valence-electron chi connectivity index (χ2n) is 3.73. The van der Waals surface area contributed by atoms with Crippen LogP contribution < -0.4 is 5.32 Å². The van der Waals surface area contributed by atoms with Crippen LogP contribution in [0.1, 0.15) is 26.2 Å². The molecule has 1 aliphatic heterocycles. The molecule has 10 heavy (non-hydrogen) atoms. The highest BCUT2D eigenvalue weighted by molar-refractivity contribution is 5.17. The van der Waals surface area contributed by atoms with E-state index in [1.54, 1.807) is 0 Å². The average Bonchev–Trinajstić information content (AvgIpc) is 2.36. The summed E-state index contributed by atoms with van der Waals surface area (Å²) in [6.07, 6.45) is 3.21. The molecule has 2 rings (SSSR count). The van der Waals surface area contributed by atoms with Crippen molar-refractivity contribution >= 4 is 0 Å². The first-order valence-electron chi connectivity index (χ1n) is 3.90. The van der Waals surface area contributed by atoms with Crippen LogP contribution in [-0.4, -0.2) is 12.1 Å². The molecule has 1 N–H and O–H groups in total. The lowest BCUT2D eigenvalue weighted by Gasteiger charge is -2.07. The van der Waals surface area contributed by atoms with E-state index in [1.165, 1.54) is 12.8 Å². The average molecular weight is 136 g/mol. The maximum absolute atomic E-state index is 8.53. The van der Waals surface area contributed by atoms with Crippen LogP contribution in [0.25, 0.3) is 0 Å². The third kappa shape index (κ3) is 0.674. The van der Waals surface area contributed by atoms with Gasteiger partial charge < -0.3 is 5.32 Å². The number of nitrogens with zero attached hydrogens (tertiary/aromatic N) is 1. The first-order chi connectivity index (χ1) is 4.77. The first-order valence-corrected chi connectivity index (χ1v) is 3.90. The molecule has 3 atom stereocenters. The van der Waals surface area contributed by atoms with Gasteiger partial charge in [0.2, 0.25) is 0 Å². The second-order valence-corrected chi connectivity index (χ2v) is 3.73. The van der Waals surface area contributed by atoms with Crippen LogP contribution >= 0.6 is 0 Å². The molecule has 0 spiro atoms. The van der Waals surface area contributed by atoms with E-state index in [4.69, 9.17) is 5.26 Å². The van der Waals surface area contributed by atoms with Gasteiger partial charge in [-0.15, -0.1) is 0 Å². The van der Waals surface area contributed by atoms with Crippen LogP contribution in [0.15, 0.2) is 0 Å². The lowest BCUT2D eigenvalue weighted by Crippen LogP contribution is -2.21. The normalized spacial score (nSPS) is 50.0. The second kappa shape index (κ2) is 1.73. The Hall–Kier alpha value is -0.550. The first kappa shape index (κ1) is 6.18. The van der Waals surface area contributed by atoms with Gasteiger partial charge >= 0.3 is 0 Å². The summed E-state index contributed by atoms with van der Waals surface area (Å²) in [5, 5.41) is 12.0.